The smallest absolute Gasteiger partial charge is 0.344 e. The molecule has 2 unspecified atom stereocenters. The molecule has 38 heavy (non-hydrogen) atoms. The van der Waals surface area contributed by atoms with E-state index < -0.39 is 24.0 Å². The Morgan fingerprint density at radius 3 is 2.42 bits per heavy atom. The van der Waals surface area contributed by atoms with Crippen LogP contribution in [0.2, 0.25) is 5.02 Å². The number of hydrogen-bond acceptors (Lipinski definition) is 3. The van der Waals surface area contributed by atoms with E-state index >= 15 is 0 Å². The van der Waals surface area contributed by atoms with Gasteiger partial charge in [-0.1, -0.05) is 66.2 Å². The van der Waals surface area contributed by atoms with Crippen LogP contribution in [0.4, 0.5) is 4.79 Å². The van der Waals surface area contributed by atoms with E-state index in [9.17, 15) is 19.5 Å². The van der Waals surface area contributed by atoms with Gasteiger partial charge in [0.05, 0.1) is 6.04 Å². The van der Waals surface area contributed by atoms with Crippen molar-refractivity contribution in [3.8, 4) is 0 Å². The number of urea groups is 1. The summed E-state index contributed by atoms with van der Waals surface area (Å²) in [6.07, 6.45) is 1.72. The normalized spacial score (nSPS) is 17.2. The summed E-state index contributed by atoms with van der Waals surface area (Å²) in [5, 5.41) is 10.4. The Morgan fingerprint density at radius 2 is 1.71 bits per heavy atom. The first-order chi connectivity index (χ1) is 18.2. The van der Waals surface area contributed by atoms with Crippen LogP contribution in [0.3, 0.4) is 0 Å². The average Bonchev–Trinajstić information content (AvgIpc) is 2.90. The molecule has 196 valence electrons. The molecular weight excluding hydrogens is 502 g/mol. The molecule has 0 spiro atoms. The van der Waals surface area contributed by atoms with Crippen LogP contribution in [0.1, 0.15) is 46.4 Å². The second-order valence-electron chi connectivity index (χ2n) is 9.50. The van der Waals surface area contributed by atoms with E-state index in [-0.39, 0.29) is 18.2 Å². The van der Waals surface area contributed by atoms with Crippen molar-refractivity contribution >= 4 is 35.2 Å². The maximum Gasteiger partial charge on any atom is 0.344 e. The number of carbonyl (C=O) groups is 3. The highest BCUT2D eigenvalue weighted by Crippen LogP contribution is 2.36. The highest BCUT2D eigenvalue weighted by atomic mass is 35.5. The van der Waals surface area contributed by atoms with Crippen LogP contribution in [-0.2, 0) is 17.8 Å². The minimum Gasteiger partial charge on any atom is -0.481 e. The standard InChI is InChI=1S/C30H30ClN3O4/c1-20-26(29(36)37)27(23-13-7-15-25(31)18-23)34(30(38)32-20)19-22-11-6-14-24(17-22)28(35)33(2)16-8-12-21-9-4-3-5-10-21/h3-7,9-11,13-15,17-18,26-27H,8,12,16,19H2,1-2H3,(H,36,37). The number of halogens is 1. The molecule has 0 fully saturated rings. The molecule has 0 bridgehead atoms. The molecule has 0 aromatic heterocycles. The maximum atomic E-state index is 13.1. The van der Waals surface area contributed by atoms with Gasteiger partial charge in [-0.05, 0) is 60.7 Å². The van der Waals surface area contributed by atoms with E-state index in [0.29, 0.717) is 28.3 Å². The summed E-state index contributed by atoms with van der Waals surface area (Å²) in [6.45, 7) is 2.25. The number of nitrogens with zero attached hydrogens (tertiary/aromatic N) is 3. The van der Waals surface area contributed by atoms with Gasteiger partial charge in [0.2, 0.25) is 0 Å². The molecule has 0 saturated heterocycles. The molecule has 1 aliphatic heterocycles. The number of carbonyl (C=O) groups excluding carboxylic acids is 2. The van der Waals surface area contributed by atoms with Crippen molar-refractivity contribution in [2.24, 2.45) is 10.9 Å². The minimum absolute atomic E-state index is 0.0927. The van der Waals surface area contributed by atoms with Crippen LogP contribution in [-0.4, -0.2) is 52.1 Å². The van der Waals surface area contributed by atoms with Gasteiger partial charge in [0, 0.05) is 36.4 Å². The Balaban J connectivity index is 1.53. The second-order valence-corrected chi connectivity index (χ2v) is 9.93. The molecule has 7 nitrogen and oxygen atoms in total. The summed E-state index contributed by atoms with van der Waals surface area (Å²) in [7, 11) is 1.78. The van der Waals surface area contributed by atoms with Crippen molar-refractivity contribution in [1.29, 1.82) is 0 Å². The largest absolute Gasteiger partial charge is 0.481 e. The Labute approximate surface area is 227 Å². The van der Waals surface area contributed by atoms with Crippen LogP contribution >= 0.6 is 11.6 Å². The van der Waals surface area contributed by atoms with Gasteiger partial charge in [-0.15, -0.1) is 0 Å². The highest BCUT2D eigenvalue weighted by molar-refractivity contribution is 6.30. The molecule has 8 heteroatoms. The molecule has 0 saturated carbocycles. The third-order valence-electron chi connectivity index (χ3n) is 6.75. The molecule has 2 atom stereocenters. The van der Waals surface area contributed by atoms with Crippen molar-refractivity contribution in [3.05, 3.63) is 106 Å². The summed E-state index contributed by atoms with van der Waals surface area (Å²) < 4.78 is 0. The predicted octanol–water partition coefficient (Wildman–Crippen LogP) is 5.88. The van der Waals surface area contributed by atoms with Crippen LogP contribution < -0.4 is 0 Å². The van der Waals surface area contributed by atoms with Crippen molar-refractivity contribution in [2.75, 3.05) is 13.6 Å². The lowest BCUT2D eigenvalue weighted by Gasteiger charge is -2.38. The number of carboxylic acid groups (broad SMARTS) is 1. The zero-order chi connectivity index (χ0) is 27.2. The van der Waals surface area contributed by atoms with Crippen molar-refractivity contribution in [2.45, 2.75) is 32.4 Å². The predicted molar refractivity (Wildman–Crippen MR) is 148 cm³/mol. The molecule has 1 heterocycles. The van der Waals surface area contributed by atoms with Crippen LogP contribution in [0, 0.1) is 5.92 Å². The Kier molecular flexibility index (Phi) is 8.59. The number of aliphatic imine (C=N–C) groups is 1. The quantitative estimate of drug-likeness (QED) is 0.373. The van der Waals surface area contributed by atoms with Gasteiger partial charge in [0.15, 0.2) is 0 Å². The number of amides is 3. The van der Waals surface area contributed by atoms with Gasteiger partial charge in [0.1, 0.15) is 5.92 Å². The van der Waals surface area contributed by atoms with Crippen LogP contribution in [0.5, 0.6) is 0 Å². The van der Waals surface area contributed by atoms with Gasteiger partial charge in [-0.25, -0.2) is 9.79 Å². The van der Waals surface area contributed by atoms with Gasteiger partial charge >= 0.3 is 12.0 Å². The number of aryl methyl sites for hydroxylation is 1. The van der Waals surface area contributed by atoms with Gasteiger partial charge in [-0.3, -0.25) is 9.59 Å². The highest BCUT2D eigenvalue weighted by Gasteiger charge is 2.42. The van der Waals surface area contributed by atoms with E-state index in [1.165, 1.54) is 10.5 Å². The van der Waals surface area contributed by atoms with Gasteiger partial charge < -0.3 is 14.9 Å². The van der Waals surface area contributed by atoms with Crippen molar-refractivity contribution in [1.82, 2.24) is 9.80 Å². The van der Waals surface area contributed by atoms with Crippen LogP contribution in [0.25, 0.3) is 0 Å². The van der Waals surface area contributed by atoms with E-state index in [0.717, 1.165) is 12.8 Å². The van der Waals surface area contributed by atoms with E-state index in [1.54, 1.807) is 61.3 Å². The SMILES string of the molecule is CC1=NC(=O)N(Cc2cccc(C(=O)N(C)CCCc3ccccc3)c2)C(c2cccc(Cl)c2)C1C(=O)O. The molecule has 0 radical (unpaired) electrons. The first kappa shape index (κ1) is 27.1. The maximum absolute atomic E-state index is 13.1. The third kappa shape index (κ3) is 6.29. The molecule has 4 rings (SSSR count). The molecule has 1 aliphatic rings. The van der Waals surface area contributed by atoms with E-state index in [4.69, 9.17) is 11.6 Å². The van der Waals surface area contributed by atoms with Gasteiger partial charge in [0.25, 0.3) is 5.91 Å². The topological polar surface area (TPSA) is 90.3 Å². The third-order valence-corrected chi connectivity index (χ3v) is 6.99. The minimum atomic E-state index is -1.07. The number of hydrogen-bond donors (Lipinski definition) is 1. The average molecular weight is 532 g/mol. The Bertz CT molecular complexity index is 1360. The molecule has 0 aliphatic carbocycles. The second kappa shape index (κ2) is 12.0. The fraction of sp³-hybridized carbons (Fsp3) is 0.267. The van der Waals surface area contributed by atoms with Gasteiger partial charge in [-0.2, -0.15) is 0 Å². The summed E-state index contributed by atoms with van der Waals surface area (Å²) in [4.78, 5) is 45.6. The van der Waals surface area contributed by atoms with Crippen LogP contribution in [0.15, 0.2) is 83.9 Å². The fourth-order valence-electron chi connectivity index (χ4n) is 4.84. The molecular formula is C30H30ClN3O4. The van der Waals surface area contributed by atoms with E-state index in [2.05, 4.69) is 17.1 Å². The monoisotopic (exact) mass is 531 g/mol. The number of rotatable bonds is 9. The lowest BCUT2D eigenvalue weighted by molar-refractivity contribution is -0.141. The summed E-state index contributed by atoms with van der Waals surface area (Å²) in [5.41, 5.74) is 3.28. The zero-order valence-corrected chi connectivity index (χ0v) is 22.1. The van der Waals surface area contributed by atoms with Crippen molar-refractivity contribution in [3.63, 3.8) is 0 Å². The molecule has 3 aromatic carbocycles. The summed E-state index contributed by atoms with van der Waals surface area (Å²) in [5.74, 6) is -2.21. The Hall–Kier alpha value is -3.97. The Morgan fingerprint density at radius 1 is 1.00 bits per heavy atom. The lowest BCUT2D eigenvalue weighted by Crippen LogP contribution is -2.46. The number of aliphatic carboxylic acids is 1. The lowest BCUT2D eigenvalue weighted by atomic mass is 9.86. The number of carboxylic acids is 1. The molecule has 3 amide bonds. The molecule has 3 aromatic rings. The number of benzene rings is 3. The first-order valence-electron chi connectivity index (χ1n) is 12.5. The fourth-order valence-corrected chi connectivity index (χ4v) is 5.04. The van der Waals surface area contributed by atoms with Crippen molar-refractivity contribution < 1.29 is 19.5 Å². The molecule has 1 N–H and O–H groups in total. The first-order valence-corrected chi connectivity index (χ1v) is 12.8. The zero-order valence-electron chi connectivity index (χ0n) is 21.4. The summed E-state index contributed by atoms with van der Waals surface area (Å²) in [6, 6.07) is 22.8. The summed E-state index contributed by atoms with van der Waals surface area (Å²) >= 11 is 6.20. The van der Waals surface area contributed by atoms with E-state index in [1.807, 2.05) is 24.3 Å².